The van der Waals surface area contributed by atoms with Crippen LogP contribution in [0.25, 0.3) is 6.08 Å². The third-order valence-electron chi connectivity index (χ3n) is 3.19. The smallest absolute Gasteiger partial charge is 0.328 e. The van der Waals surface area contributed by atoms with E-state index in [1.54, 1.807) is 18.2 Å². The van der Waals surface area contributed by atoms with Gasteiger partial charge in [-0.15, -0.1) is 0 Å². The van der Waals surface area contributed by atoms with Crippen molar-refractivity contribution in [2.45, 2.75) is 12.8 Å². The molecule has 2 aromatic carbocycles. The van der Waals surface area contributed by atoms with E-state index in [0.29, 0.717) is 6.42 Å². The Morgan fingerprint density at radius 1 is 1.09 bits per heavy atom. The lowest BCUT2D eigenvalue weighted by molar-refractivity contribution is -0.384. The molecule has 112 valence electrons. The van der Waals surface area contributed by atoms with E-state index >= 15 is 0 Å². The minimum atomic E-state index is -0.984. The van der Waals surface area contributed by atoms with Crippen LogP contribution in [0.4, 0.5) is 5.69 Å². The summed E-state index contributed by atoms with van der Waals surface area (Å²) in [5.41, 5.74) is 2.87. The van der Waals surface area contributed by atoms with Crippen LogP contribution >= 0.6 is 0 Å². The van der Waals surface area contributed by atoms with Gasteiger partial charge in [-0.05, 0) is 35.6 Å². The zero-order valence-electron chi connectivity index (χ0n) is 11.8. The second-order valence-electron chi connectivity index (χ2n) is 4.84. The molecule has 0 aliphatic rings. The number of carbonyl (C=O) groups is 1. The van der Waals surface area contributed by atoms with Gasteiger partial charge in [-0.25, -0.2) is 4.79 Å². The van der Waals surface area contributed by atoms with Crippen molar-refractivity contribution >= 4 is 17.7 Å². The van der Waals surface area contributed by atoms with E-state index in [2.05, 4.69) is 0 Å². The van der Waals surface area contributed by atoms with E-state index in [1.807, 2.05) is 30.3 Å². The van der Waals surface area contributed by atoms with Gasteiger partial charge in [0.15, 0.2) is 0 Å². The molecule has 0 aromatic heterocycles. The molecule has 0 radical (unpaired) electrons. The van der Waals surface area contributed by atoms with Crippen molar-refractivity contribution in [3.05, 3.63) is 81.4 Å². The zero-order chi connectivity index (χ0) is 15.9. The second-order valence-corrected chi connectivity index (χ2v) is 4.84. The number of benzene rings is 2. The Morgan fingerprint density at radius 3 is 2.36 bits per heavy atom. The molecule has 0 spiro atoms. The minimum Gasteiger partial charge on any atom is -0.478 e. The highest BCUT2D eigenvalue weighted by Gasteiger charge is 2.05. The Kier molecular flexibility index (Phi) is 5.03. The molecular weight excluding hydrogens is 282 g/mol. The maximum atomic E-state index is 10.7. The average molecular weight is 297 g/mol. The molecule has 0 heterocycles. The minimum absolute atomic E-state index is 0.0932. The summed E-state index contributed by atoms with van der Waals surface area (Å²) in [6.45, 7) is 0. The molecule has 0 atom stereocenters. The van der Waals surface area contributed by atoms with Crippen LogP contribution in [0.5, 0.6) is 0 Å². The van der Waals surface area contributed by atoms with Crippen molar-refractivity contribution in [2.24, 2.45) is 0 Å². The molecule has 0 fully saturated rings. The van der Waals surface area contributed by atoms with Gasteiger partial charge in [-0.1, -0.05) is 36.4 Å². The van der Waals surface area contributed by atoms with Gasteiger partial charge < -0.3 is 5.11 Å². The molecule has 5 heteroatoms. The summed E-state index contributed by atoms with van der Waals surface area (Å²) in [5.74, 6) is -0.984. The average Bonchev–Trinajstić information content (AvgIpc) is 2.51. The Morgan fingerprint density at radius 2 is 1.73 bits per heavy atom. The molecule has 2 rings (SSSR count). The fourth-order valence-electron chi connectivity index (χ4n) is 2.13. The maximum Gasteiger partial charge on any atom is 0.328 e. The molecule has 5 nitrogen and oxygen atoms in total. The fourth-order valence-corrected chi connectivity index (χ4v) is 2.13. The van der Waals surface area contributed by atoms with Crippen LogP contribution < -0.4 is 0 Å². The number of hydrogen-bond acceptors (Lipinski definition) is 3. The van der Waals surface area contributed by atoms with Crippen molar-refractivity contribution in [1.29, 1.82) is 0 Å². The van der Waals surface area contributed by atoms with Crippen LogP contribution in [0.2, 0.25) is 0 Å². The van der Waals surface area contributed by atoms with Gasteiger partial charge in [0.1, 0.15) is 0 Å². The Balaban J connectivity index is 2.05. The number of nitro benzene ring substituents is 1. The van der Waals surface area contributed by atoms with E-state index < -0.39 is 10.9 Å². The van der Waals surface area contributed by atoms with Crippen LogP contribution in [0, 0.1) is 10.1 Å². The monoisotopic (exact) mass is 297 g/mol. The van der Waals surface area contributed by atoms with Crippen LogP contribution in [-0.2, 0) is 17.6 Å². The predicted octanol–water partition coefficient (Wildman–Crippen LogP) is 3.48. The molecule has 0 saturated heterocycles. The van der Waals surface area contributed by atoms with Gasteiger partial charge in [0.05, 0.1) is 4.92 Å². The number of non-ortho nitro benzene ring substituents is 1. The van der Waals surface area contributed by atoms with Gasteiger partial charge >= 0.3 is 5.97 Å². The second kappa shape index (κ2) is 7.17. The number of nitro groups is 1. The molecule has 22 heavy (non-hydrogen) atoms. The van der Waals surface area contributed by atoms with Gasteiger partial charge in [-0.2, -0.15) is 0 Å². The zero-order valence-corrected chi connectivity index (χ0v) is 11.8. The molecule has 0 amide bonds. The number of aliphatic carboxylic acids is 1. The van der Waals surface area contributed by atoms with Gasteiger partial charge in [0, 0.05) is 18.2 Å². The first kappa shape index (κ1) is 15.4. The van der Waals surface area contributed by atoms with Gasteiger partial charge in [0.25, 0.3) is 5.69 Å². The fraction of sp³-hybridized carbons (Fsp3) is 0.118. The highest BCUT2D eigenvalue weighted by Crippen LogP contribution is 2.16. The molecule has 0 aliphatic carbocycles. The standard InChI is InChI=1S/C17H15NO4/c19-17(20)10-9-14-4-1-3-13(11-14)7-8-15-5-2-6-16(12-15)18(21)22/h1-6,9-12H,7-8H2,(H,19,20)/b10-9+. The summed E-state index contributed by atoms with van der Waals surface area (Å²) in [7, 11) is 0. The van der Waals surface area contributed by atoms with E-state index in [4.69, 9.17) is 5.11 Å². The summed E-state index contributed by atoms with van der Waals surface area (Å²) in [6.07, 6.45) is 4.06. The van der Waals surface area contributed by atoms with Gasteiger partial charge in [-0.3, -0.25) is 10.1 Å². The predicted molar refractivity (Wildman–Crippen MR) is 83.6 cm³/mol. The first-order valence-electron chi connectivity index (χ1n) is 6.78. The lowest BCUT2D eigenvalue weighted by Gasteiger charge is -2.03. The Bertz CT molecular complexity index is 722. The van der Waals surface area contributed by atoms with Crippen LogP contribution in [0.3, 0.4) is 0 Å². The molecule has 0 unspecified atom stereocenters. The summed E-state index contributed by atoms with van der Waals surface area (Å²) < 4.78 is 0. The number of rotatable bonds is 6. The van der Waals surface area contributed by atoms with Crippen molar-refractivity contribution in [3.63, 3.8) is 0 Å². The Hall–Kier alpha value is -2.95. The van der Waals surface area contributed by atoms with E-state index in [-0.39, 0.29) is 5.69 Å². The van der Waals surface area contributed by atoms with Gasteiger partial charge in [0.2, 0.25) is 0 Å². The van der Waals surface area contributed by atoms with E-state index in [0.717, 1.165) is 29.2 Å². The summed E-state index contributed by atoms with van der Waals surface area (Å²) in [5, 5.41) is 19.4. The molecular formula is C17H15NO4. The highest BCUT2D eigenvalue weighted by molar-refractivity contribution is 5.85. The van der Waals surface area contributed by atoms with Crippen molar-refractivity contribution in [1.82, 2.24) is 0 Å². The van der Waals surface area contributed by atoms with E-state index in [9.17, 15) is 14.9 Å². The quantitative estimate of drug-likeness (QED) is 0.503. The molecule has 0 bridgehead atoms. The lowest BCUT2D eigenvalue weighted by atomic mass is 10.0. The number of carboxylic acids is 1. The normalized spacial score (nSPS) is 10.7. The van der Waals surface area contributed by atoms with Crippen LogP contribution in [0.1, 0.15) is 16.7 Å². The van der Waals surface area contributed by atoms with Crippen molar-refractivity contribution < 1.29 is 14.8 Å². The Labute approximate surface area is 127 Å². The number of carboxylic acid groups (broad SMARTS) is 1. The van der Waals surface area contributed by atoms with Crippen molar-refractivity contribution in [3.8, 4) is 0 Å². The number of hydrogen-bond donors (Lipinski definition) is 1. The number of nitrogens with zero attached hydrogens (tertiary/aromatic N) is 1. The molecule has 2 aromatic rings. The van der Waals surface area contributed by atoms with E-state index in [1.165, 1.54) is 6.07 Å². The summed E-state index contributed by atoms with van der Waals surface area (Å²) in [4.78, 5) is 20.9. The third-order valence-corrected chi connectivity index (χ3v) is 3.19. The highest BCUT2D eigenvalue weighted by atomic mass is 16.6. The first-order chi connectivity index (χ1) is 10.5. The SMILES string of the molecule is O=C(O)/C=C/c1cccc(CCc2cccc([N+](=O)[O-])c2)c1. The lowest BCUT2D eigenvalue weighted by Crippen LogP contribution is -1.94. The topological polar surface area (TPSA) is 80.4 Å². The van der Waals surface area contributed by atoms with Crippen LogP contribution in [0.15, 0.2) is 54.6 Å². The van der Waals surface area contributed by atoms with Crippen molar-refractivity contribution in [2.75, 3.05) is 0 Å². The largest absolute Gasteiger partial charge is 0.478 e. The maximum absolute atomic E-state index is 10.7. The summed E-state index contributed by atoms with van der Waals surface area (Å²) in [6, 6.07) is 14.2. The molecule has 0 saturated carbocycles. The first-order valence-corrected chi connectivity index (χ1v) is 6.78. The third kappa shape index (κ3) is 4.56. The number of aryl methyl sites for hydroxylation is 2. The van der Waals surface area contributed by atoms with Crippen LogP contribution in [-0.4, -0.2) is 16.0 Å². The molecule has 0 aliphatic heterocycles. The molecule has 1 N–H and O–H groups in total. The summed E-state index contributed by atoms with van der Waals surface area (Å²) >= 11 is 0.